The minimum atomic E-state index is -0.565. The number of hydrogen-bond acceptors (Lipinski definition) is 1. The largest absolute Gasteiger partial charge is 0.393 e. The van der Waals surface area contributed by atoms with Crippen LogP contribution >= 0.6 is 0 Å². The van der Waals surface area contributed by atoms with E-state index in [1.54, 1.807) is 0 Å². The van der Waals surface area contributed by atoms with Gasteiger partial charge in [-0.1, -0.05) is 56.2 Å². The van der Waals surface area contributed by atoms with Gasteiger partial charge in [0.2, 0.25) is 0 Å². The predicted molar refractivity (Wildman–Crippen MR) is 94.0 cm³/mol. The van der Waals surface area contributed by atoms with E-state index < -0.39 is 17.7 Å². The van der Waals surface area contributed by atoms with Crippen LogP contribution in [0.1, 0.15) is 56.1 Å². The van der Waals surface area contributed by atoms with E-state index >= 15 is 0 Å². The lowest BCUT2D eigenvalue weighted by molar-refractivity contribution is 0.150. The molecule has 2 atom stereocenters. The van der Waals surface area contributed by atoms with Gasteiger partial charge in [0.1, 0.15) is 11.6 Å². The predicted octanol–water partition coefficient (Wildman–Crippen LogP) is 5.62. The zero-order chi connectivity index (χ0) is 17.4. The number of unbranched alkanes of at least 4 members (excludes halogenated alkanes) is 1. The lowest BCUT2D eigenvalue weighted by Crippen LogP contribution is -2.08. The molecule has 0 bridgehead atoms. The molecule has 0 saturated heterocycles. The number of rotatable bonds is 9. The summed E-state index contributed by atoms with van der Waals surface area (Å²) in [6.45, 7) is 2.23. The third kappa shape index (κ3) is 6.04. The number of benzene rings is 2. The maximum atomic E-state index is 13.5. The molecule has 0 saturated carbocycles. The molecule has 0 aliphatic rings. The molecule has 0 aliphatic carbocycles. The Hall–Kier alpha value is -1.74. The number of aryl methyl sites for hydroxylation is 1. The molecule has 0 aromatic heterocycles. The summed E-state index contributed by atoms with van der Waals surface area (Å²) < 4.78 is 26.4. The molecule has 0 aliphatic heterocycles. The second-order valence-electron chi connectivity index (χ2n) is 6.52. The molecule has 2 rings (SSSR count). The van der Waals surface area contributed by atoms with Gasteiger partial charge in [-0.2, -0.15) is 0 Å². The van der Waals surface area contributed by atoms with E-state index in [-0.39, 0.29) is 0 Å². The van der Waals surface area contributed by atoms with Crippen LogP contribution in [-0.2, 0) is 6.42 Å². The fraction of sp³-hybridized carbons (Fsp3) is 0.429. The number of aliphatic hydroxyl groups is 1. The molecule has 0 heterocycles. The van der Waals surface area contributed by atoms with Gasteiger partial charge in [-0.05, 0) is 48.8 Å². The van der Waals surface area contributed by atoms with E-state index in [2.05, 4.69) is 31.2 Å². The Morgan fingerprint density at radius 2 is 1.62 bits per heavy atom. The Balaban J connectivity index is 1.64. The molecule has 3 heteroatoms. The zero-order valence-corrected chi connectivity index (χ0v) is 14.2. The molecular formula is C21H26F2O. The summed E-state index contributed by atoms with van der Waals surface area (Å²) in [5.74, 6) is -0.570. The van der Waals surface area contributed by atoms with Crippen molar-refractivity contribution < 1.29 is 13.9 Å². The molecule has 2 aromatic rings. The molecule has 130 valence electrons. The van der Waals surface area contributed by atoms with Crippen molar-refractivity contribution in [3.05, 3.63) is 71.3 Å². The Morgan fingerprint density at radius 1 is 0.917 bits per heavy atom. The number of aliphatic hydroxyl groups excluding tert-OH is 1. The molecule has 1 nitrogen and oxygen atoms in total. The average Bonchev–Trinajstić information content (AvgIpc) is 2.58. The highest BCUT2D eigenvalue weighted by atomic mass is 19.1. The van der Waals surface area contributed by atoms with Gasteiger partial charge in [-0.15, -0.1) is 0 Å². The summed E-state index contributed by atoms with van der Waals surface area (Å²) in [5.41, 5.74) is 1.82. The van der Waals surface area contributed by atoms with E-state index in [4.69, 9.17) is 0 Å². The highest BCUT2D eigenvalue weighted by Gasteiger charge is 2.09. The molecular weight excluding hydrogens is 306 g/mol. The van der Waals surface area contributed by atoms with Crippen molar-refractivity contribution in [1.82, 2.24) is 0 Å². The minimum absolute atomic E-state index is 0.429. The van der Waals surface area contributed by atoms with Crippen LogP contribution < -0.4 is 0 Å². The quantitative estimate of drug-likeness (QED) is 0.591. The van der Waals surface area contributed by atoms with Gasteiger partial charge in [0.05, 0.1) is 6.10 Å². The Kier molecular flexibility index (Phi) is 7.38. The van der Waals surface area contributed by atoms with Crippen LogP contribution in [0.4, 0.5) is 8.78 Å². The van der Waals surface area contributed by atoms with Crippen LogP contribution in [0.15, 0.2) is 48.5 Å². The maximum Gasteiger partial charge on any atom is 0.129 e. The van der Waals surface area contributed by atoms with Crippen LogP contribution in [0, 0.1) is 11.6 Å². The van der Waals surface area contributed by atoms with Crippen LogP contribution in [0.5, 0.6) is 0 Å². The van der Waals surface area contributed by atoms with E-state index in [1.165, 1.54) is 17.7 Å². The molecule has 0 fully saturated rings. The van der Waals surface area contributed by atoms with Crippen LogP contribution in [-0.4, -0.2) is 11.2 Å². The highest BCUT2D eigenvalue weighted by molar-refractivity contribution is 5.19. The van der Waals surface area contributed by atoms with Gasteiger partial charge in [-0.3, -0.25) is 0 Å². The van der Waals surface area contributed by atoms with Crippen LogP contribution in [0.25, 0.3) is 0 Å². The van der Waals surface area contributed by atoms with Crippen molar-refractivity contribution in [3.8, 4) is 0 Å². The fourth-order valence-electron chi connectivity index (χ4n) is 2.97. The first kappa shape index (κ1) is 18.6. The standard InChI is InChI=1S/C21H26F2O/c1-16(17-8-3-2-4-9-17)7-5-6-10-20(24)14-12-18-11-13-19(22)15-21(18)23/h2-4,8-9,11,13,15-16,20,24H,5-7,10,12,14H2,1H3. The topological polar surface area (TPSA) is 20.2 Å². The molecule has 0 spiro atoms. The Bertz CT molecular complexity index is 612. The molecule has 1 N–H and O–H groups in total. The van der Waals surface area contributed by atoms with E-state index in [1.807, 2.05) is 6.07 Å². The summed E-state index contributed by atoms with van der Waals surface area (Å²) >= 11 is 0. The molecule has 2 aromatic carbocycles. The van der Waals surface area contributed by atoms with Crippen molar-refractivity contribution in [3.63, 3.8) is 0 Å². The van der Waals surface area contributed by atoms with Crippen LogP contribution in [0.3, 0.4) is 0 Å². The van der Waals surface area contributed by atoms with Crippen LogP contribution in [0.2, 0.25) is 0 Å². The monoisotopic (exact) mass is 332 g/mol. The van der Waals surface area contributed by atoms with Crippen molar-refractivity contribution in [2.75, 3.05) is 0 Å². The SMILES string of the molecule is CC(CCCCC(O)CCc1ccc(F)cc1F)c1ccccc1. The highest BCUT2D eigenvalue weighted by Crippen LogP contribution is 2.22. The van der Waals surface area contributed by atoms with Crippen molar-refractivity contribution in [1.29, 1.82) is 0 Å². The first-order chi connectivity index (χ1) is 11.6. The Labute approximate surface area is 143 Å². The Morgan fingerprint density at radius 3 is 2.33 bits per heavy atom. The van der Waals surface area contributed by atoms with Gasteiger partial charge in [-0.25, -0.2) is 8.78 Å². The summed E-state index contributed by atoms with van der Waals surface area (Å²) in [7, 11) is 0. The lowest BCUT2D eigenvalue weighted by atomic mass is 9.94. The van der Waals surface area contributed by atoms with Gasteiger partial charge >= 0.3 is 0 Å². The third-order valence-corrected chi connectivity index (χ3v) is 4.56. The third-order valence-electron chi connectivity index (χ3n) is 4.56. The first-order valence-electron chi connectivity index (χ1n) is 8.73. The normalized spacial score (nSPS) is 13.7. The zero-order valence-electron chi connectivity index (χ0n) is 14.2. The van der Waals surface area contributed by atoms with Crippen molar-refractivity contribution in [2.45, 2.75) is 57.5 Å². The lowest BCUT2D eigenvalue weighted by Gasteiger charge is -2.13. The second kappa shape index (κ2) is 9.53. The van der Waals surface area contributed by atoms with E-state index in [0.717, 1.165) is 31.7 Å². The maximum absolute atomic E-state index is 13.5. The van der Waals surface area contributed by atoms with E-state index in [9.17, 15) is 13.9 Å². The van der Waals surface area contributed by atoms with Crippen molar-refractivity contribution in [2.24, 2.45) is 0 Å². The number of hydrogen-bond donors (Lipinski definition) is 1. The van der Waals surface area contributed by atoms with Gasteiger partial charge < -0.3 is 5.11 Å². The summed E-state index contributed by atoms with van der Waals surface area (Å²) in [5, 5.41) is 10.0. The van der Waals surface area contributed by atoms with Crippen molar-refractivity contribution >= 4 is 0 Å². The molecule has 0 radical (unpaired) electrons. The fourth-order valence-corrected chi connectivity index (χ4v) is 2.97. The summed E-state index contributed by atoms with van der Waals surface area (Å²) in [6.07, 6.45) is 4.38. The molecule has 2 unspecified atom stereocenters. The second-order valence-corrected chi connectivity index (χ2v) is 6.52. The minimum Gasteiger partial charge on any atom is -0.393 e. The molecule has 24 heavy (non-hydrogen) atoms. The van der Waals surface area contributed by atoms with Gasteiger partial charge in [0.15, 0.2) is 0 Å². The average molecular weight is 332 g/mol. The smallest absolute Gasteiger partial charge is 0.129 e. The summed E-state index contributed by atoms with van der Waals surface area (Å²) in [6, 6.07) is 14.1. The van der Waals surface area contributed by atoms with Gasteiger partial charge in [0, 0.05) is 6.07 Å². The summed E-state index contributed by atoms with van der Waals surface area (Å²) in [4.78, 5) is 0. The van der Waals surface area contributed by atoms with Gasteiger partial charge in [0.25, 0.3) is 0 Å². The van der Waals surface area contributed by atoms with E-state index in [0.29, 0.717) is 24.3 Å². The molecule has 0 amide bonds. The number of halogens is 2. The first-order valence-corrected chi connectivity index (χ1v) is 8.73.